The van der Waals surface area contributed by atoms with Gasteiger partial charge in [0, 0.05) is 42.7 Å². The first kappa shape index (κ1) is 11.3. The van der Waals surface area contributed by atoms with E-state index in [4.69, 9.17) is 5.11 Å². The van der Waals surface area contributed by atoms with Crippen molar-refractivity contribution in [1.29, 1.82) is 0 Å². The van der Waals surface area contributed by atoms with Crippen molar-refractivity contribution in [3.63, 3.8) is 0 Å². The SMILES string of the molecule is O=C(Cc1c[nH]c2ccccc12)N1CC(CO)C1. The fraction of sp³-hybridized carbons (Fsp3) is 0.357. The molecule has 1 aromatic carbocycles. The van der Waals surface area contributed by atoms with Crippen molar-refractivity contribution in [2.75, 3.05) is 19.7 Å². The van der Waals surface area contributed by atoms with Crippen molar-refractivity contribution in [1.82, 2.24) is 9.88 Å². The lowest BCUT2D eigenvalue weighted by molar-refractivity contribution is -0.137. The zero-order chi connectivity index (χ0) is 12.5. The minimum Gasteiger partial charge on any atom is -0.396 e. The molecule has 0 saturated carbocycles. The van der Waals surface area contributed by atoms with E-state index in [0.717, 1.165) is 16.5 Å². The van der Waals surface area contributed by atoms with E-state index >= 15 is 0 Å². The first-order valence-corrected chi connectivity index (χ1v) is 6.21. The number of likely N-dealkylation sites (tertiary alicyclic amines) is 1. The summed E-state index contributed by atoms with van der Waals surface area (Å²) in [6.07, 6.45) is 2.34. The standard InChI is InChI=1S/C14H16N2O2/c17-9-10-7-16(8-10)14(18)5-11-6-15-13-4-2-1-3-12(11)13/h1-4,6,10,15,17H,5,7-9H2. The van der Waals surface area contributed by atoms with Crippen LogP contribution in [0.4, 0.5) is 0 Å². The molecule has 0 bridgehead atoms. The van der Waals surface area contributed by atoms with Crippen LogP contribution in [0.1, 0.15) is 5.56 Å². The van der Waals surface area contributed by atoms with Crippen LogP contribution in [0.5, 0.6) is 0 Å². The number of amides is 1. The van der Waals surface area contributed by atoms with Crippen LogP contribution in [-0.2, 0) is 11.2 Å². The molecule has 0 radical (unpaired) electrons. The Kier molecular flexibility index (Phi) is 2.80. The minimum atomic E-state index is 0.143. The molecule has 1 aliphatic heterocycles. The molecule has 1 saturated heterocycles. The lowest BCUT2D eigenvalue weighted by Crippen LogP contribution is -2.51. The molecule has 4 heteroatoms. The number of rotatable bonds is 3. The molecule has 2 N–H and O–H groups in total. The third-order valence-corrected chi connectivity index (χ3v) is 3.58. The summed E-state index contributed by atoms with van der Waals surface area (Å²) in [5.41, 5.74) is 2.11. The maximum atomic E-state index is 12.0. The van der Waals surface area contributed by atoms with Gasteiger partial charge in [0.1, 0.15) is 0 Å². The monoisotopic (exact) mass is 244 g/mol. The number of aliphatic hydroxyl groups excluding tert-OH is 1. The molecule has 0 spiro atoms. The zero-order valence-corrected chi connectivity index (χ0v) is 10.1. The summed E-state index contributed by atoms with van der Waals surface area (Å²) in [7, 11) is 0. The van der Waals surface area contributed by atoms with Crippen molar-refractivity contribution in [2.45, 2.75) is 6.42 Å². The second kappa shape index (κ2) is 4.46. The topological polar surface area (TPSA) is 56.3 Å². The van der Waals surface area contributed by atoms with Crippen LogP contribution in [0.25, 0.3) is 10.9 Å². The third-order valence-electron chi connectivity index (χ3n) is 3.58. The number of nitrogens with one attached hydrogen (secondary N) is 1. The molecule has 94 valence electrons. The molecule has 1 aliphatic rings. The highest BCUT2D eigenvalue weighted by molar-refractivity contribution is 5.89. The Morgan fingerprint density at radius 1 is 1.39 bits per heavy atom. The van der Waals surface area contributed by atoms with Crippen molar-refractivity contribution < 1.29 is 9.90 Å². The molecule has 1 fully saturated rings. The van der Waals surface area contributed by atoms with Crippen LogP contribution >= 0.6 is 0 Å². The lowest BCUT2D eigenvalue weighted by atomic mass is 10.00. The summed E-state index contributed by atoms with van der Waals surface area (Å²) in [6, 6.07) is 8.00. The van der Waals surface area contributed by atoms with Gasteiger partial charge < -0.3 is 15.0 Å². The van der Waals surface area contributed by atoms with Crippen LogP contribution in [0.3, 0.4) is 0 Å². The second-order valence-electron chi connectivity index (χ2n) is 4.88. The average molecular weight is 244 g/mol. The Bertz CT molecular complexity index is 570. The largest absolute Gasteiger partial charge is 0.396 e. The van der Waals surface area contributed by atoms with Gasteiger partial charge in [-0.25, -0.2) is 0 Å². The lowest BCUT2D eigenvalue weighted by Gasteiger charge is -2.38. The Morgan fingerprint density at radius 2 is 2.17 bits per heavy atom. The highest BCUT2D eigenvalue weighted by Crippen LogP contribution is 2.21. The highest BCUT2D eigenvalue weighted by Gasteiger charge is 2.29. The van der Waals surface area contributed by atoms with Crippen LogP contribution in [0.2, 0.25) is 0 Å². The summed E-state index contributed by atoms with van der Waals surface area (Å²) < 4.78 is 0. The molecule has 0 atom stereocenters. The quantitative estimate of drug-likeness (QED) is 0.851. The van der Waals surface area contributed by atoms with Gasteiger partial charge in [-0.1, -0.05) is 18.2 Å². The zero-order valence-electron chi connectivity index (χ0n) is 10.1. The number of carbonyl (C=O) groups is 1. The smallest absolute Gasteiger partial charge is 0.227 e. The summed E-state index contributed by atoms with van der Waals surface area (Å²) >= 11 is 0. The maximum absolute atomic E-state index is 12.0. The first-order valence-electron chi connectivity index (χ1n) is 6.21. The van der Waals surface area contributed by atoms with Gasteiger partial charge in [-0.2, -0.15) is 0 Å². The van der Waals surface area contributed by atoms with Crippen LogP contribution in [0.15, 0.2) is 30.5 Å². The molecule has 0 aliphatic carbocycles. The second-order valence-corrected chi connectivity index (χ2v) is 4.88. The molecule has 18 heavy (non-hydrogen) atoms. The van der Waals surface area contributed by atoms with Crippen molar-refractivity contribution in [3.8, 4) is 0 Å². The highest BCUT2D eigenvalue weighted by atomic mass is 16.3. The van der Waals surface area contributed by atoms with Gasteiger partial charge >= 0.3 is 0 Å². The van der Waals surface area contributed by atoms with E-state index in [0.29, 0.717) is 19.5 Å². The summed E-state index contributed by atoms with van der Waals surface area (Å²) in [5.74, 6) is 0.418. The fourth-order valence-electron chi connectivity index (χ4n) is 2.44. The number of hydrogen-bond acceptors (Lipinski definition) is 2. The molecule has 1 amide bonds. The predicted molar refractivity (Wildman–Crippen MR) is 69.2 cm³/mol. The number of aliphatic hydroxyl groups is 1. The minimum absolute atomic E-state index is 0.143. The molecule has 2 aromatic rings. The van der Waals surface area contributed by atoms with Crippen molar-refractivity contribution in [2.24, 2.45) is 5.92 Å². The van der Waals surface area contributed by atoms with Gasteiger partial charge in [0.2, 0.25) is 5.91 Å². The average Bonchev–Trinajstić information content (AvgIpc) is 2.72. The Morgan fingerprint density at radius 3 is 2.94 bits per heavy atom. The molecule has 3 rings (SSSR count). The van der Waals surface area contributed by atoms with Gasteiger partial charge in [0.05, 0.1) is 6.42 Å². The van der Waals surface area contributed by atoms with E-state index in [2.05, 4.69) is 4.98 Å². The first-order chi connectivity index (χ1) is 8.78. The number of hydrogen-bond donors (Lipinski definition) is 2. The molecule has 2 heterocycles. The Hall–Kier alpha value is -1.81. The van der Waals surface area contributed by atoms with Gasteiger partial charge in [0.25, 0.3) is 0 Å². The van der Waals surface area contributed by atoms with E-state index in [1.165, 1.54) is 0 Å². The molecular weight excluding hydrogens is 228 g/mol. The number of benzene rings is 1. The number of nitrogens with zero attached hydrogens (tertiary/aromatic N) is 1. The summed E-state index contributed by atoms with van der Waals surface area (Å²) in [5, 5.41) is 10.1. The predicted octanol–water partition coefficient (Wildman–Crippen LogP) is 1.16. The Balaban J connectivity index is 1.71. The van der Waals surface area contributed by atoms with Gasteiger partial charge in [0.15, 0.2) is 0 Å². The van der Waals surface area contributed by atoms with Crippen molar-refractivity contribution in [3.05, 3.63) is 36.0 Å². The number of aromatic amines is 1. The number of H-pyrrole nitrogens is 1. The van der Waals surface area contributed by atoms with Crippen LogP contribution in [-0.4, -0.2) is 40.6 Å². The van der Waals surface area contributed by atoms with E-state index < -0.39 is 0 Å². The normalized spacial score (nSPS) is 15.9. The van der Waals surface area contributed by atoms with E-state index in [1.54, 1.807) is 0 Å². The number of fused-ring (bicyclic) bond motifs is 1. The Labute approximate surface area is 105 Å². The third kappa shape index (κ3) is 1.88. The van der Waals surface area contributed by atoms with E-state index in [9.17, 15) is 4.79 Å². The maximum Gasteiger partial charge on any atom is 0.227 e. The molecule has 0 unspecified atom stereocenters. The molecule has 4 nitrogen and oxygen atoms in total. The molecule has 1 aromatic heterocycles. The van der Waals surface area contributed by atoms with Crippen LogP contribution in [0, 0.1) is 5.92 Å². The summed E-state index contributed by atoms with van der Waals surface area (Å²) in [6.45, 7) is 1.56. The van der Waals surface area contributed by atoms with E-state index in [-0.39, 0.29) is 18.4 Å². The van der Waals surface area contributed by atoms with Crippen molar-refractivity contribution >= 4 is 16.8 Å². The summed E-state index contributed by atoms with van der Waals surface area (Å²) in [4.78, 5) is 17.0. The fourth-order valence-corrected chi connectivity index (χ4v) is 2.44. The van der Waals surface area contributed by atoms with Gasteiger partial charge in [-0.3, -0.25) is 4.79 Å². The number of para-hydroxylation sites is 1. The van der Waals surface area contributed by atoms with E-state index in [1.807, 2.05) is 35.4 Å². The van der Waals surface area contributed by atoms with Crippen LogP contribution < -0.4 is 0 Å². The number of carbonyl (C=O) groups excluding carboxylic acids is 1. The molecular formula is C14H16N2O2. The number of aromatic nitrogens is 1. The van der Waals surface area contributed by atoms with Gasteiger partial charge in [-0.05, 0) is 11.6 Å². The van der Waals surface area contributed by atoms with Gasteiger partial charge in [-0.15, -0.1) is 0 Å².